The number of benzene rings is 1. The second kappa shape index (κ2) is 7.14. The minimum atomic E-state index is -0.576. The Labute approximate surface area is 96.1 Å². The van der Waals surface area contributed by atoms with Crippen LogP contribution >= 0.6 is 0 Å². The van der Waals surface area contributed by atoms with Crippen LogP contribution in [0.2, 0.25) is 0 Å². The van der Waals surface area contributed by atoms with Crippen molar-refractivity contribution >= 4 is 5.78 Å². The summed E-state index contributed by atoms with van der Waals surface area (Å²) in [6.07, 6.45) is 0.148. The van der Waals surface area contributed by atoms with E-state index in [2.05, 4.69) is 0 Å². The summed E-state index contributed by atoms with van der Waals surface area (Å²) in [6, 6.07) is 9.87. The van der Waals surface area contributed by atoms with Crippen molar-refractivity contribution in [3.8, 4) is 0 Å². The third-order valence-corrected chi connectivity index (χ3v) is 2.23. The number of hydrogen-bond donors (Lipinski definition) is 1. The number of carbonyl (C=O) groups excluding carboxylic acids is 1. The van der Waals surface area contributed by atoms with Crippen LogP contribution < -0.4 is 0 Å². The van der Waals surface area contributed by atoms with Gasteiger partial charge in [-0.15, -0.1) is 0 Å². The Morgan fingerprint density at radius 1 is 1.38 bits per heavy atom. The summed E-state index contributed by atoms with van der Waals surface area (Å²) in [4.78, 5) is 10.7. The lowest BCUT2D eigenvalue weighted by Crippen LogP contribution is -2.14. The lowest BCUT2D eigenvalue weighted by molar-refractivity contribution is -0.119. The summed E-state index contributed by atoms with van der Waals surface area (Å²) in [5.74, 6) is 0.00978. The van der Waals surface area contributed by atoms with Crippen LogP contribution in [0.3, 0.4) is 0 Å². The van der Waals surface area contributed by atoms with E-state index in [4.69, 9.17) is 4.74 Å². The van der Waals surface area contributed by atoms with E-state index in [9.17, 15) is 9.90 Å². The molecule has 1 unspecified atom stereocenters. The highest BCUT2D eigenvalue weighted by Gasteiger charge is 2.06. The topological polar surface area (TPSA) is 46.5 Å². The normalized spacial score (nSPS) is 12.4. The van der Waals surface area contributed by atoms with Gasteiger partial charge in [0, 0.05) is 13.0 Å². The summed E-state index contributed by atoms with van der Waals surface area (Å²) in [6.45, 7) is 2.50. The van der Waals surface area contributed by atoms with Gasteiger partial charge in [-0.2, -0.15) is 0 Å². The lowest BCUT2D eigenvalue weighted by Gasteiger charge is -2.08. The van der Waals surface area contributed by atoms with Gasteiger partial charge in [-0.05, 0) is 18.9 Å². The molecular formula is C13H18O3. The molecule has 0 aliphatic heterocycles. The van der Waals surface area contributed by atoms with Crippen LogP contribution in [0.1, 0.15) is 25.3 Å². The Morgan fingerprint density at radius 2 is 2.06 bits per heavy atom. The third-order valence-electron chi connectivity index (χ3n) is 2.23. The van der Waals surface area contributed by atoms with E-state index in [-0.39, 0.29) is 12.2 Å². The SMILES string of the molecule is CC(=O)CC(O)CCOCc1ccccc1. The molecule has 0 spiro atoms. The predicted octanol–water partition coefficient (Wildman–Crippen LogP) is 1.93. The van der Waals surface area contributed by atoms with Crippen molar-refractivity contribution in [1.82, 2.24) is 0 Å². The molecule has 1 N–H and O–H groups in total. The second-order valence-corrected chi connectivity index (χ2v) is 3.89. The van der Waals surface area contributed by atoms with E-state index in [0.29, 0.717) is 19.6 Å². The van der Waals surface area contributed by atoms with E-state index in [1.54, 1.807) is 0 Å². The Morgan fingerprint density at radius 3 is 2.69 bits per heavy atom. The molecule has 0 saturated carbocycles. The van der Waals surface area contributed by atoms with Gasteiger partial charge in [-0.3, -0.25) is 4.79 Å². The van der Waals surface area contributed by atoms with E-state index >= 15 is 0 Å². The van der Waals surface area contributed by atoms with E-state index in [1.807, 2.05) is 30.3 Å². The number of carbonyl (C=O) groups is 1. The highest BCUT2D eigenvalue weighted by molar-refractivity contribution is 5.75. The first kappa shape index (κ1) is 12.9. The highest BCUT2D eigenvalue weighted by Crippen LogP contribution is 2.03. The van der Waals surface area contributed by atoms with Crippen LogP contribution in [-0.2, 0) is 16.1 Å². The van der Waals surface area contributed by atoms with Crippen LogP contribution in [0.25, 0.3) is 0 Å². The molecule has 0 aromatic heterocycles. The van der Waals surface area contributed by atoms with E-state index < -0.39 is 6.10 Å². The molecule has 1 aromatic carbocycles. The Balaban J connectivity index is 2.10. The number of ether oxygens (including phenoxy) is 1. The summed E-state index contributed by atoms with van der Waals surface area (Å²) in [5, 5.41) is 9.42. The number of aliphatic hydroxyl groups is 1. The van der Waals surface area contributed by atoms with Gasteiger partial charge >= 0.3 is 0 Å². The first-order valence-electron chi connectivity index (χ1n) is 5.47. The van der Waals surface area contributed by atoms with Crippen molar-refractivity contribution in [3.05, 3.63) is 35.9 Å². The van der Waals surface area contributed by atoms with E-state index in [0.717, 1.165) is 5.56 Å². The maximum Gasteiger partial charge on any atom is 0.132 e. The first-order valence-corrected chi connectivity index (χ1v) is 5.47. The largest absolute Gasteiger partial charge is 0.393 e. The zero-order chi connectivity index (χ0) is 11.8. The van der Waals surface area contributed by atoms with Gasteiger partial charge in [-0.25, -0.2) is 0 Å². The summed E-state index contributed by atoms with van der Waals surface area (Å²) in [5.41, 5.74) is 1.11. The summed E-state index contributed by atoms with van der Waals surface area (Å²) in [7, 11) is 0. The molecule has 0 aliphatic rings. The van der Waals surface area contributed by atoms with Crippen molar-refractivity contribution in [2.45, 2.75) is 32.5 Å². The molecule has 3 nitrogen and oxygen atoms in total. The Hall–Kier alpha value is -1.19. The fourth-order valence-corrected chi connectivity index (χ4v) is 1.42. The molecule has 1 rings (SSSR count). The number of hydrogen-bond acceptors (Lipinski definition) is 3. The van der Waals surface area contributed by atoms with Crippen molar-refractivity contribution < 1.29 is 14.6 Å². The van der Waals surface area contributed by atoms with Gasteiger partial charge in [0.15, 0.2) is 0 Å². The van der Waals surface area contributed by atoms with Gasteiger partial charge in [0.05, 0.1) is 12.7 Å². The highest BCUT2D eigenvalue weighted by atomic mass is 16.5. The maximum absolute atomic E-state index is 10.7. The number of aliphatic hydroxyl groups excluding tert-OH is 1. The molecule has 0 fully saturated rings. The molecule has 1 aromatic rings. The van der Waals surface area contributed by atoms with Crippen LogP contribution in [0.4, 0.5) is 0 Å². The predicted molar refractivity (Wildman–Crippen MR) is 62.0 cm³/mol. The summed E-state index contributed by atoms with van der Waals surface area (Å²) < 4.78 is 5.40. The molecule has 88 valence electrons. The summed E-state index contributed by atoms with van der Waals surface area (Å²) >= 11 is 0. The average Bonchev–Trinajstić information content (AvgIpc) is 2.25. The smallest absolute Gasteiger partial charge is 0.132 e. The quantitative estimate of drug-likeness (QED) is 0.717. The van der Waals surface area contributed by atoms with Gasteiger partial charge in [-0.1, -0.05) is 30.3 Å². The molecule has 0 radical (unpaired) electrons. The molecule has 0 saturated heterocycles. The standard InChI is InChI=1S/C13H18O3/c1-11(14)9-13(15)7-8-16-10-12-5-3-2-4-6-12/h2-6,13,15H,7-10H2,1H3. The number of rotatable bonds is 7. The molecule has 16 heavy (non-hydrogen) atoms. The zero-order valence-corrected chi connectivity index (χ0v) is 9.56. The maximum atomic E-state index is 10.7. The van der Waals surface area contributed by atoms with Crippen LogP contribution in [-0.4, -0.2) is 23.6 Å². The van der Waals surface area contributed by atoms with E-state index in [1.165, 1.54) is 6.92 Å². The first-order chi connectivity index (χ1) is 7.68. The number of Topliss-reactive ketones (excluding diaryl/α,β-unsaturated/α-hetero) is 1. The molecular weight excluding hydrogens is 204 g/mol. The van der Waals surface area contributed by atoms with Crippen LogP contribution in [0.5, 0.6) is 0 Å². The minimum absolute atomic E-state index is 0.00978. The van der Waals surface area contributed by atoms with Gasteiger partial charge in [0.1, 0.15) is 5.78 Å². The van der Waals surface area contributed by atoms with Crippen molar-refractivity contribution in [3.63, 3.8) is 0 Å². The molecule has 0 heterocycles. The second-order valence-electron chi connectivity index (χ2n) is 3.89. The fraction of sp³-hybridized carbons (Fsp3) is 0.462. The third kappa shape index (κ3) is 5.63. The molecule has 3 heteroatoms. The molecule has 0 amide bonds. The Kier molecular flexibility index (Phi) is 5.75. The molecule has 1 atom stereocenters. The fourth-order valence-electron chi connectivity index (χ4n) is 1.42. The van der Waals surface area contributed by atoms with Gasteiger partial charge in [0.2, 0.25) is 0 Å². The van der Waals surface area contributed by atoms with Gasteiger partial charge < -0.3 is 9.84 Å². The minimum Gasteiger partial charge on any atom is -0.393 e. The molecule has 0 aliphatic carbocycles. The Bertz CT molecular complexity index is 308. The van der Waals surface area contributed by atoms with Crippen molar-refractivity contribution in [1.29, 1.82) is 0 Å². The van der Waals surface area contributed by atoms with Gasteiger partial charge in [0.25, 0.3) is 0 Å². The monoisotopic (exact) mass is 222 g/mol. The average molecular weight is 222 g/mol. The van der Waals surface area contributed by atoms with Crippen LogP contribution in [0.15, 0.2) is 30.3 Å². The van der Waals surface area contributed by atoms with Crippen molar-refractivity contribution in [2.75, 3.05) is 6.61 Å². The molecule has 0 bridgehead atoms. The lowest BCUT2D eigenvalue weighted by atomic mass is 10.1. The number of ketones is 1. The van der Waals surface area contributed by atoms with Crippen molar-refractivity contribution in [2.24, 2.45) is 0 Å². The van der Waals surface area contributed by atoms with Crippen LogP contribution in [0, 0.1) is 0 Å². The zero-order valence-electron chi connectivity index (χ0n) is 9.56.